The average Bonchev–Trinajstić information content (AvgIpc) is 1.99. The van der Waals surface area contributed by atoms with E-state index in [0.717, 1.165) is 6.42 Å². The summed E-state index contributed by atoms with van der Waals surface area (Å²) in [6.07, 6.45) is 1.33. The van der Waals surface area contributed by atoms with Crippen LogP contribution in [-0.2, 0) is 4.79 Å². The van der Waals surface area contributed by atoms with Crippen LogP contribution in [0, 0.1) is 5.92 Å². The second kappa shape index (κ2) is 5.81. The third-order valence-corrected chi connectivity index (χ3v) is 2.02. The van der Waals surface area contributed by atoms with E-state index in [1.165, 1.54) is 0 Å². The molecule has 1 N–H and O–H groups in total. The van der Waals surface area contributed by atoms with E-state index in [0.29, 0.717) is 12.3 Å². The van der Waals surface area contributed by atoms with Gasteiger partial charge in [0.15, 0.2) is 0 Å². The Morgan fingerprint density at radius 3 is 2.60 bits per heavy atom. The topological polar surface area (TPSA) is 29.1 Å². The third kappa shape index (κ3) is 3.96. The monoisotopic (exact) mass is 183 g/mol. The van der Waals surface area contributed by atoms with E-state index >= 15 is 0 Å². The number of nitrogens with one attached hydrogen (secondary N) is 1. The van der Waals surface area contributed by atoms with E-state index in [2.05, 4.69) is 0 Å². The predicted molar refractivity (Wildman–Crippen MR) is 43.1 cm³/mol. The van der Waals surface area contributed by atoms with Crippen molar-refractivity contribution in [3.63, 3.8) is 0 Å². The highest BCUT2D eigenvalue weighted by Gasteiger charge is 2.09. The average molecular weight is 184 g/mol. The Hall–Kier alpha value is 0.0500. The Morgan fingerprint density at radius 2 is 2.30 bits per heavy atom. The zero-order chi connectivity index (χ0) is 7.98. The van der Waals surface area contributed by atoms with Gasteiger partial charge in [-0.15, -0.1) is 11.6 Å². The van der Waals surface area contributed by atoms with Gasteiger partial charge in [-0.25, -0.2) is 0 Å². The Balaban J connectivity index is 3.52. The molecule has 1 amide bonds. The van der Waals surface area contributed by atoms with Crippen molar-refractivity contribution in [3.8, 4) is 0 Å². The first-order chi connectivity index (χ1) is 4.74. The van der Waals surface area contributed by atoms with Gasteiger partial charge in [0.1, 0.15) is 0 Å². The van der Waals surface area contributed by atoms with E-state index < -0.39 is 0 Å². The molecule has 2 nitrogen and oxygen atoms in total. The summed E-state index contributed by atoms with van der Waals surface area (Å²) in [6.45, 7) is 1.99. The molecule has 0 fully saturated rings. The summed E-state index contributed by atoms with van der Waals surface area (Å²) < 4.78 is 0. The lowest BCUT2D eigenvalue weighted by molar-refractivity contribution is -0.120. The van der Waals surface area contributed by atoms with Crippen LogP contribution in [0.1, 0.15) is 19.8 Å². The first-order valence-electron chi connectivity index (χ1n) is 3.20. The minimum absolute atomic E-state index is 0.158. The number of halogens is 2. The van der Waals surface area contributed by atoms with Crippen LogP contribution in [-0.4, -0.2) is 11.8 Å². The van der Waals surface area contributed by atoms with Crippen molar-refractivity contribution in [2.45, 2.75) is 19.8 Å². The molecule has 0 aliphatic heterocycles. The molecule has 0 aromatic carbocycles. The van der Waals surface area contributed by atoms with Gasteiger partial charge in [-0.1, -0.05) is 13.3 Å². The zero-order valence-electron chi connectivity index (χ0n) is 5.86. The van der Waals surface area contributed by atoms with E-state index in [4.69, 9.17) is 23.4 Å². The van der Waals surface area contributed by atoms with Gasteiger partial charge in [0.2, 0.25) is 5.91 Å². The van der Waals surface area contributed by atoms with Gasteiger partial charge in [-0.3, -0.25) is 9.63 Å². The summed E-state index contributed by atoms with van der Waals surface area (Å²) >= 11 is 10.6. The lowest BCUT2D eigenvalue weighted by Crippen LogP contribution is -2.17. The molecule has 0 aliphatic rings. The molecule has 0 saturated carbocycles. The summed E-state index contributed by atoms with van der Waals surface area (Å²) in [5, 5.41) is 0. The van der Waals surface area contributed by atoms with Crippen LogP contribution >= 0.6 is 23.4 Å². The normalized spacial score (nSPS) is 12.7. The molecule has 0 saturated heterocycles. The number of hydrogen-bond acceptors (Lipinski definition) is 1. The van der Waals surface area contributed by atoms with Crippen LogP contribution in [0.2, 0.25) is 0 Å². The Bertz CT molecular complexity index is 104. The lowest BCUT2D eigenvalue weighted by Gasteiger charge is -2.07. The minimum Gasteiger partial charge on any atom is -0.274 e. The van der Waals surface area contributed by atoms with E-state index in [1.54, 1.807) is 0 Å². The van der Waals surface area contributed by atoms with Gasteiger partial charge in [0, 0.05) is 24.1 Å². The standard InChI is InChI=1S/C6H11Cl2NO/c1-2-5(4-7)3-6(10)9-8/h5H,2-4H2,1H3,(H,9,10). The number of rotatable bonds is 4. The molecule has 0 rings (SSSR count). The smallest absolute Gasteiger partial charge is 0.234 e. The van der Waals surface area contributed by atoms with Crippen molar-refractivity contribution in [2.24, 2.45) is 5.92 Å². The summed E-state index contributed by atoms with van der Waals surface area (Å²) in [6, 6.07) is 0. The van der Waals surface area contributed by atoms with Crippen LogP contribution in [0.25, 0.3) is 0 Å². The number of amides is 1. The van der Waals surface area contributed by atoms with Crippen molar-refractivity contribution in [1.29, 1.82) is 0 Å². The highest BCUT2D eigenvalue weighted by atomic mass is 35.5. The highest BCUT2D eigenvalue weighted by molar-refractivity contribution is 6.21. The van der Waals surface area contributed by atoms with Gasteiger partial charge in [0.25, 0.3) is 0 Å². The predicted octanol–water partition coefficient (Wildman–Crippen LogP) is 1.91. The summed E-state index contributed by atoms with van der Waals surface area (Å²) in [5.41, 5.74) is 0. The van der Waals surface area contributed by atoms with Gasteiger partial charge in [0.05, 0.1) is 0 Å². The molecule has 0 radical (unpaired) electrons. The van der Waals surface area contributed by atoms with Crippen molar-refractivity contribution >= 4 is 29.3 Å². The van der Waals surface area contributed by atoms with Crippen molar-refractivity contribution < 1.29 is 4.79 Å². The molecule has 1 unspecified atom stereocenters. The zero-order valence-corrected chi connectivity index (χ0v) is 7.37. The first kappa shape index (κ1) is 10.0. The van der Waals surface area contributed by atoms with Gasteiger partial charge < -0.3 is 0 Å². The van der Waals surface area contributed by atoms with Crippen LogP contribution in [0.4, 0.5) is 0 Å². The first-order valence-corrected chi connectivity index (χ1v) is 4.11. The minimum atomic E-state index is -0.158. The van der Waals surface area contributed by atoms with E-state index in [-0.39, 0.29) is 11.8 Å². The fourth-order valence-electron chi connectivity index (χ4n) is 0.609. The van der Waals surface area contributed by atoms with Crippen molar-refractivity contribution in [1.82, 2.24) is 4.84 Å². The molecule has 1 atom stereocenters. The molecule has 0 heterocycles. The number of carbonyl (C=O) groups excluding carboxylic acids is 1. The van der Waals surface area contributed by atoms with Gasteiger partial charge >= 0.3 is 0 Å². The summed E-state index contributed by atoms with van der Waals surface area (Å²) in [5.74, 6) is 0.607. The Kier molecular flexibility index (Phi) is 5.84. The molecular weight excluding hydrogens is 173 g/mol. The maximum Gasteiger partial charge on any atom is 0.234 e. The fraction of sp³-hybridized carbons (Fsp3) is 0.833. The van der Waals surface area contributed by atoms with Crippen LogP contribution in [0.3, 0.4) is 0 Å². The lowest BCUT2D eigenvalue weighted by atomic mass is 10.1. The van der Waals surface area contributed by atoms with Crippen molar-refractivity contribution in [2.75, 3.05) is 5.88 Å². The fourth-order valence-corrected chi connectivity index (χ4v) is 1.01. The molecule has 0 aromatic rings. The van der Waals surface area contributed by atoms with E-state index in [1.807, 2.05) is 11.8 Å². The molecule has 4 heteroatoms. The molecule has 10 heavy (non-hydrogen) atoms. The van der Waals surface area contributed by atoms with Crippen LogP contribution < -0.4 is 4.84 Å². The Morgan fingerprint density at radius 1 is 1.70 bits per heavy atom. The van der Waals surface area contributed by atoms with Gasteiger partial charge in [-0.05, 0) is 5.92 Å². The van der Waals surface area contributed by atoms with Crippen LogP contribution in [0.15, 0.2) is 0 Å². The molecule has 60 valence electrons. The summed E-state index contributed by atoms with van der Waals surface area (Å²) in [7, 11) is 0. The quantitative estimate of drug-likeness (QED) is 0.524. The SMILES string of the molecule is CCC(CCl)CC(=O)NCl. The maximum atomic E-state index is 10.6. The molecule has 0 aromatic heterocycles. The van der Waals surface area contributed by atoms with Gasteiger partial charge in [-0.2, -0.15) is 0 Å². The summed E-state index contributed by atoms with van der Waals surface area (Å²) in [4.78, 5) is 12.7. The van der Waals surface area contributed by atoms with E-state index in [9.17, 15) is 4.79 Å². The van der Waals surface area contributed by atoms with Crippen molar-refractivity contribution in [3.05, 3.63) is 0 Å². The maximum absolute atomic E-state index is 10.6. The second-order valence-electron chi connectivity index (χ2n) is 2.15. The number of hydrogen-bond donors (Lipinski definition) is 1. The number of alkyl halides is 1. The number of carbonyl (C=O) groups is 1. The molecule has 0 aliphatic carbocycles. The largest absolute Gasteiger partial charge is 0.274 e. The molecule has 0 spiro atoms. The second-order valence-corrected chi connectivity index (χ2v) is 2.65. The highest BCUT2D eigenvalue weighted by Crippen LogP contribution is 2.09. The molecular formula is C6H11Cl2NO. The third-order valence-electron chi connectivity index (χ3n) is 1.38. The Labute approximate surface area is 71.0 Å². The van der Waals surface area contributed by atoms with Crippen LogP contribution in [0.5, 0.6) is 0 Å². The molecule has 0 bridgehead atoms.